The predicted molar refractivity (Wildman–Crippen MR) is 121 cm³/mol. The number of nitrogens with one attached hydrogen (secondary N) is 1. The zero-order chi connectivity index (χ0) is 20.6. The number of anilines is 1. The van der Waals surface area contributed by atoms with E-state index in [1.165, 1.54) is 5.56 Å². The van der Waals surface area contributed by atoms with Crippen molar-refractivity contribution in [2.45, 2.75) is 39.3 Å². The Bertz CT molecular complexity index is 911. The highest BCUT2D eigenvalue weighted by Gasteiger charge is 2.20. The van der Waals surface area contributed by atoms with Crippen molar-refractivity contribution >= 4 is 28.3 Å². The van der Waals surface area contributed by atoms with E-state index in [2.05, 4.69) is 50.5 Å². The number of benzene rings is 2. The predicted octanol–water partition coefficient (Wildman–Crippen LogP) is 5.39. The molecule has 2 aromatic carbocycles. The summed E-state index contributed by atoms with van der Waals surface area (Å²) >= 11 is 6.14. The monoisotopic (exact) mass is 412 g/mol. The van der Waals surface area contributed by atoms with Crippen LogP contribution in [0.2, 0.25) is 5.28 Å². The number of hydrogen-bond donors (Lipinski definition) is 1. The largest absolute Gasteiger partial charge is 0.497 e. The summed E-state index contributed by atoms with van der Waals surface area (Å²) in [6.45, 7) is 7.14. The van der Waals surface area contributed by atoms with E-state index in [1.807, 2.05) is 32.0 Å². The van der Waals surface area contributed by atoms with E-state index in [4.69, 9.17) is 16.3 Å². The fourth-order valence-corrected chi connectivity index (χ4v) is 3.76. The Morgan fingerprint density at radius 3 is 2.48 bits per heavy atom. The highest BCUT2D eigenvalue weighted by Crippen LogP contribution is 2.27. The van der Waals surface area contributed by atoms with Crippen molar-refractivity contribution in [1.29, 1.82) is 0 Å². The fourth-order valence-electron chi connectivity index (χ4n) is 3.59. The van der Waals surface area contributed by atoms with Crippen LogP contribution >= 0.6 is 11.6 Å². The summed E-state index contributed by atoms with van der Waals surface area (Å²) in [5.41, 5.74) is 2.16. The lowest BCUT2D eigenvalue weighted by atomic mass is 10.0. The van der Waals surface area contributed by atoms with Crippen LogP contribution in [-0.4, -0.2) is 41.1 Å². The van der Waals surface area contributed by atoms with Crippen molar-refractivity contribution < 1.29 is 4.74 Å². The third-order valence-corrected chi connectivity index (χ3v) is 5.22. The second-order valence-electron chi connectivity index (χ2n) is 6.90. The fraction of sp³-hybridized carbons (Fsp3) is 0.391. The number of rotatable bonds is 5. The summed E-state index contributed by atoms with van der Waals surface area (Å²) in [5, 5.41) is 4.80. The maximum absolute atomic E-state index is 6.14. The maximum Gasteiger partial charge on any atom is 0.224 e. The van der Waals surface area contributed by atoms with Crippen LogP contribution in [0.15, 0.2) is 48.5 Å². The molecule has 0 spiro atoms. The quantitative estimate of drug-likeness (QED) is 0.569. The standard InChI is InChI=1S/C21H23ClN4O.C2H6/c1-27-17-7-8-18-19(13-17)24-21(22)25-20(18)23-16-9-11-26(12-10-16)14-15-5-3-2-4-6-15;1-2/h2-8,13,16H,9-12,14H2,1H3,(H,23,24,25);1-2H3. The first kappa shape index (κ1) is 21.3. The molecule has 0 unspecified atom stereocenters. The normalized spacial score (nSPS) is 14.9. The van der Waals surface area contributed by atoms with E-state index >= 15 is 0 Å². The Morgan fingerprint density at radius 1 is 1.07 bits per heavy atom. The van der Waals surface area contributed by atoms with Crippen molar-refractivity contribution in [2.24, 2.45) is 0 Å². The highest BCUT2D eigenvalue weighted by molar-refractivity contribution is 6.28. The Hall–Kier alpha value is -2.37. The Labute approximate surface area is 178 Å². The first-order valence-electron chi connectivity index (χ1n) is 10.3. The third kappa shape index (κ3) is 5.58. The number of likely N-dealkylation sites (tertiary alicyclic amines) is 1. The molecular weight excluding hydrogens is 384 g/mol. The second kappa shape index (κ2) is 10.4. The summed E-state index contributed by atoms with van der Waals surface area (Å²) < 4.78 is 5.28. The number of ether oxygens (including phenoxy) is 1. The smallest absolute Gasteiger partial charge is 0.224 e. The molecule has 1 fully saturated rings. The maximum atomic E-state index is 6.14. The number of nitrogens with zero attached hydrogens (tertiary/aromatic N) is 3. The van der Waals surface area contributed by atoms with E-state index < -0.39 is 0 Å². The molecule has 0 aliphatic carbocycles. The van der Waals surface area contributed by atoms with Gasteiger partial charge in [-0.2, -0.15) is 0 Å². The molecule has 1 aliphatic rings. The van der Waals surface area contributed by atoms with Gasteiger partial charge in [-0.15, -0.1) is 0 Å². The minimum absolute atomic E-state index is 0.250. The summed E-state index contributed by atoms with van der Waals surface area (Å²) in [6.07, 6.45) is 2.15. The summed E-state index contributed by atoms with van der Waals surface area (Å²) in [4.78, 5) is 11.3. The Morgan fingerprint density at radius 2 is 1.79 bits per heavy atom. The number of piperidine rings is 1. The molecule has 154 valence electrons. The highest BCUT2D eigenvalue weighted by atomic mass is 35.5. The molecule has 0 amide bonds. The lowest BCUT2D eigenvalue weighted by Gasteiger charge is -2.32. The molecule has 0 radical (unpaired) electrons. The summed E-state index contributed by atoms with van der Waals surface area (Å²) in [6, 6.07) is 16.8. The molecular formula is C23H29ClN4O. The average Bonchev–Trinajstić information content (AvgIpc) is 2.76. The molecule has 0 saturated carbocycles. The molecule has 5 nitrogen and oxygen atoms in total. The van der Waals surface area contributed by atoms with Gasteiger partial charge in [0.15, 0.2) is 0 Å². The first-order valence-corrected chi connectivity index (χ1v) is 10.6. The van der Waals surface area contributed by atoms with Crippen molar-refractivity contribution in [3.05, 3.63) is 59.4 Å². The van der Waals surface area contributed by atoms with Gasteiger partial charge in [0.1, 0.15) is 11.6 Å². The molecule has 1 saturated heterocycles. The Kier molecular flexibility index (Phi) is 7.67. The van der Waals surface area contributed by atoms with Crippen LogP contribution in [0.3, 0.4) is 0 Å². The third-order valence-electron chi connectivity index (χ3n) is 5.05. The molecule has 1 N–H and O–H groups in total. The van der Waals surface area contributed by atoms with Crippen LogP contribution in [0.4, 0.5) is 5.82 Å². The van der Waals surface area contributed by atoms with Gasteiger partial charge in [0.05, 0.1) is 12.6 Å². The lowest BCUT2D eigenvalue weighted by molar-refractivity contribution is 0.211. The van der Waals surface area contributed by atoms with Gasteiger partial charge >= 0.3 is 0 Å². The molecule has 3 aromatic rings. The average molecular weight is 413 g/mol. The molecule has 2 heterocycles. The zero-order valence-electron chi connectivity index (χ0n) is 17.4. The first-order chi connectivity index (χ1) is 14.2. The molecule has 1 aromatic heterocycles. The molecule has 29 heavy (non-hydrogen) atoms. The number of methoxy groups -OCH3 is 1. The molecule has 4 rings (SSSR count). The van der Waals surface area contributed by atoms with Crippen LogP contribution < -0.4 is 10.1 Å². The van der Waals surface area contributed by atoms with Gasteiger partial charge in [0.25, 0.3) is 0 Å². The Balaban J connectivity index is 0.00000117. The molecule has 6 heteroatoms. The van der Waals surface area contributed by atoms with E-state index in [1.54, 1.807) is 7.11 Å². The molecule has 0 bridgehead atoms. The van der Waals surface area contributed by atoms with Crippen LogP contribution in [0.5, 0.6) is 5.75 Å². The van der Waals surface area contributed by atoms with Gasteiger partial charge in [-0.3, -0.25) is 4.90 Å². The van der Waals surface area contributed by atoms with Gasteiger partial charge < -0.3 is 10.1 Å². The minimum Gasteiger partial charge on any atom is -0.497 e. The van der Waals surface area contributed by atoms with Gasteiger partial charge in [-0.05, 0) is 42.1 Å². The summed E-state index contributed by atoms with van der Waals surface area (Å²) in [7, 11) is 1.65. The van der Waals surface area contributed by atoms with Crippen LogP contribution in [0.1, 0.15) is 32.3 Å². The van der Waals surface area contributed by atoms with Gasteiger partial charge in [-0.1, -0.05) is 44.2 Å². The van der Waals surface area contributed by atoms with Crippen molar-refractivity contribution in [1.82, 2.24) is 14.9 Å². The van der Waals surface area contributed by atoms with Gasteiger partial charge in [0.2, 0.25) is 5.28 Å². The van der Waals surface area contributed by atoms with Crippen LogP contribution in [0.25, 0.3) is 10.9 Å². The molecule has 0 atom stereocenters. The van der Waals surface area contributed by atoms with E-state index in [0.717, 1.165) is 54.9 Å². The number of hydrogen-bond acceptors (Lipinski definition) is 5. The van der Waals surface area contributed by atoms with Gasteiger partial charge in [0, 0.05) is 37.1 Å². The summed E-state index contributed by atoms with van der Waals surface area (Å²) in [5.74, 6) is 1.56. The zero-order valence-corrected chi connectivity index (χ0v) is 18.1. The van der Waals surface area contributed by atoms with E-state index in [0.29, 0.717) is 6.04 Å². The van der Waals surface area contributed by atoms with Crippen LogP contribution in [0, 0.1) is 0 Å². The lowest BCUT2D eigenvalue weighted by Crippen LogP contribution is -2.38. The van der Waals surface area contributed by atoms with E-state index in [9.17, 15) is 0 Å². The SMILES string of the molecule is CC.COc1ccc2c(NC3CCN(Cc4ccccc4)CC3)nc(Cl)nc2c1. The van der Waals surface area contributed by atoms with Crippen molar-refractivity contribution in [3.8, 4) is 5.75 Å². The topological polar surface area (TPSA) is 50.3 Å². The van der Waals surface area contributed by atoms with Crippen molar-refractivity contribution in [2.75, 3.05) is 25.5 Å². The van der Waals surface area contributed by atoms with Gasteiger partial charge in [-0.25, -0.2) is 9.97 Å². The number of halogens is 1. The minimum atomic E-state index is 0.250. The van der Waals surface area contributed by atoms with Crippen molar-refractivity contribution in [3.63, 3.8) is 0 Å². The number of fused-ring (bicyclic) bond motifs is 1. The van der Waals surface area contributed by atoms with E-state index in [-0.39, 0.29) is 5.28 Å². The van der Waals surface area contributed by atoms with Crippen LogP contribution in [-0.2, 0) is 6.54 Å². The number of aromatic nitrogens is 2. The second-order valence-corrected chi connectivity index (χ2v) is 7.24. The molecule has 1 aliphatic heterocycles.